The number of benzene rings is 1. The molecule has 1 amide bonds. The summed E-state index contributed by atoms with van der Waals surface area (Å²) in [6.07, 6.45) is 6.52. The fraction of sp³-hybridized carbons (Fsp3) is 0.500. The van der Waals surface area contributed by atoms with Gasteiger partial charge in [-0.15, -0.1) is 0 Å². The van der Waals surface area contributed by atoms with Crippen LogP contribution in [0.1, 0.15) is 24.0 Å². The van der Waals surface area contributed by atoms with Gasteiger partial charge in [0.2, 0.25) is 15.9 Å². The van der Waals surface area contributed by atoms with E-state index in [0.717, 1.165) is 24.0 Å². The van der Waals surface area contributed by atoms with Crippen LogP contribution in [0.3, 0.4) is 0 Å². The van der Waals surface area contributed by atoms with Gasteiger partial charge in [0, 0.05) is 33.1 Å². The van der Waals surface area contributed by atoms with Gasteiger partial charge in [-0.3, -0.25) is 4.79 Å². The summed E-state index contributed by atoms with van der Waals surface area (Å²) in [5, 5.41) is 0. The molecular weight excluding hydrogens is 324 g/mol. The van der Waals surface area contributed by atoms with E-state index in [4.69, 9.17) is 0 Å². The van der Waals surface area contributed by atoms with Gasteiger partial charge in [0.1, 0.15) is 0 Å². The Morgan fingerprint density at radius 3 is 2.50 bits per heavy atom. The van der Waals surface area contributed by atoms with E-state index < -0.39 is 10.0 Å². The number of nitrogens with zero attached hydrogens (tertiary/aromatic N) is 2. The zero-order valence-corrected chi connectivity index (χ0v) is 14.8. The van der Waals surface area contributed by atoms with E-state index in [1.807, 2.05) is 11.0 Å². The summed E-state index contributed by atoms with van der Waals surface area (Å²) in [4.78, 5) is 15.0. The maximum absolute atomic E-state index is 12.9. The highest BCUT2D eigenvalue weighted by Gasteiger charge is 2.42. The number of carbonyl (C=O) groups excluding carboxylic acids is 1. The topological polar surface area (TPSA) is 57.7 Å². The van der Waals surface area contributed by atoms with Gasteiger partial charge in [0.25, 0.3) is 0 Å². The first-order valence-electron chi connectivity index (χ1n) is 8.37. The van der Waals surface area contributed by atoms with Crippen LogP contribution in [0.2, 0.25) is 0 Å². The summed E-state index contributed by atoms with van der Waals surface area (Å²) in [6, 6.07) is 5.21. The average molecular weight is 346 g/mol. The van der Waals surface area contributed by atoms with Crippen LogP contribution in [0.15, 0.2) is 35.2 Å². The number of allylic oxidation sites excluding steroid dienone is 2. The molecule has 4 rings (SSSR count). The first kappa shape index (κ1) is 15.8. The smallest absolute Gasteiger partial charge is 0.242 e. The van der Waals surface area contributed by atoms with Crippen molar-refractivity contribution in [1.29, 1.82) is 0 Å². The van der Waals surface area contributed by atoms with Crippen LogP contribution in [-0.2, 0) is 27.9 Å². The highest BCUT2D eigenvalue weighted by atomic mass is 32.2. The second-order valence-corrected chi connectivity index (χ2v) is 9.45. The summed E-state index contributed by atoms with van der Waals surface area (Å²) >= 11 is 0. The number of fused-ring (bicyclic) bond motifs is 3. The molecule has 24 heavy (non-hydrogen) atoms. The van der Waals surface area contributed by atoms with Gasteiger partial charge in [-0.05, 0) is 47.9 Å². The van der Waals surface area contributed by atoms with Crippen molar-refractivity contribution in [2.24, 2.45) is 17.8 Å². The van der Waals surface area contributed by atoms with Crippen LogP contribution in [0.5, 0.6) is 0 Å². The Balaban J connectivity index is 1.54. The predicted molar refractivity (Wildman–Crippen MR) is 90.4 cm³/mol. The van der Waals surface area contributed by atoms with Crippen LogP contribution in [0, 0.1) is 17.8 Å². The Morgan fingerprint density at radius 2 is 1.88 bits per heavy atom. The molecule has 3 atom stereocenters. The van der Waals surface area contributed by atoms with E-state index in [0.29, 0.717) is 29.8 Å². The van der Waals surface area contributed by atoms with Crippen molar-refractivity contribution in [3.63, 3.8) is 0 Å². The Hall–Kier alpha value is -1.66. The van der Waals surface area contributed by atoms with E-state index in [-0.39, 0.29) is 11.8 Å². The Morgan fingerprint density at radius 1 is 1.12 bits per heavy atom. The number of hydrogen-bond acceptors (Lipinski definition) is 3. The lowest BCUT2D eigenvalue weighted by Gasteiger charge is -2.24. The molecule has 5 nitrogen and oxygen atoms in total. The van der Waals surface area contributed by atoms with E-state index in [1.54, 1.807) is 12.1 Å². The molecule has 1 aromatic rings. The summed E-state index contributed by atoms with van der Waals surface area (Å²) in [6.45, 7) is 1.11. The third kappa shape index (κ3) is 2.40. The van der Waals surface area contributed by atoms with Crippen molar-refractivity contribution < 1.29 is 13.2 Å². The Kier molecular flexibility index (Phi) is 3.58. The van der Waals surface area contributed by atoms with Gasteiger partial charge in [0.15, 0.2) is 0 Å². The molecule has 2 aliphatic carbocycles. The first-order valence-corrected chi connectivity index (χ1v) is 9.81. The fourth-order valence-corrected chi connectivity index (χ4v) is 5.15. The monoisotopic (exact) mass is 346 g/mol. The maximum Gasteiger partial charge on any atom is 0.242 e. The molecule has 0 N–H and O–H groups in total. The second-order valence-electron chi connectivity index (χ2n) is 7.30. The van der Waals surface area contributed by atoms with Crippen molar-refractivity contribution in [3.8, 4) is 0 Å². The molecular formula is C18H22N2O3S. The lowest BCUT2D eigenvalue weighted by atomic mass is 9.92. The van der Waals surface area contributed by atoms with E-state index in [1.165, 1.54) is 18.4 Å². The van der Waals surface area contributed by atoms with E-state index >= 15 is 0 Å². The molecule has 2 bridgehead atoms. The third-order valence-corrected chi connectivity index (χ3v) is 7.40. The highest BCUT2D eigenvalue weighted by molar-refractivity contribution is 7.89. The Bertz CT molecular complexity index is 829. The highest BCUT2D eigenvalue weighted by Crippen LogP contribution is 2.45. The summed E-state index contributed by atoms with van der Waals surface area (Å²) in [5.74, 6) is 1.31. The normalized spacial score (nSPS) is 28.0. The van der Waals surface area contributed by atoms with Crippen LogP contribution in [-0.4, -0.2) is 37.6 Å². The summed E-state index contributed by atoms with van der Waals surface area (Å²) in [7, 11) is -0.380. The van der Waals surface area contributed by atoms with E-state index in [2.05, 4.69) is 12.2 Å². The number of carbonyl (C=O) groups is 1. The maximum atomic E-state index is 12.9. The second kappa shape index (κ2) is 5.43. The van der Waals surface area contributed by atoms with Crippen LogP contribution in [0.25, 0.3) is 0 Å². The van der Waals surface area contributed by atoms with Crippen molar-refractivity contribution in [3.05, 3.63) is 41.5 Å². The van der Waals surface area contributed by atoms with Crippen molar-refractivity contribution in [2.75, 3.05) is 14.1 Å². The van der Waals surface area contributed by atoms with Crippen molar-refractivity contribution in [1.82, 2.24) is 9.21 Å². The minimum atomic E-state index is -3.44. The van der Waals surface area contributed by atoms with Gasteiger partial charge >= 0.3 is 0 Å². The minimum absolute atomic E-state index is 0.110. The van der Waals surface area contributed by atoms with E-state index in [9.17, 15) is 13.2 Å². The molecule has 1 fully saturated rings. The zero-order chi connectivity index (χ0) is 17.1. The molecule has 0 aromatic heterocycles. The molecule has 0 saturated heterocycles. The van der Waals surface area contributed by atoms with Gasteiger partial charge in [-0.1, -0.05) is 18.2 Å². The average Bonchev–Trinajstić information content (AvgIpc) is 3.27. The molecule has 0 unspecified atom stereocenters. The molecule has 1 aliphatic heterocycles. The summed E-state index contributed by atoms with van der Waals surface area (Å²) < 4.78 is 25.8. The molecule has 1 saturated carbocycles. The zero-order valence-electron chi connectivity index (χ0n) is 14.0. The van der Waals surface area contributed by atoms with Crippen molar-refractivity contribution >= 4 is 15.9 Å². The van der Waals surface area contributed by atoms with Crippen molar-refractivity contribution in [2.45, 2.75) is 30.8 Å². The largest absolute Gasteiger partial charge is 0.334 e. The van der Waals surface area contributed by atoms with Crippen LogP contribution >= 0.6 is 0 Å². The number of hydrogen-bond donors (Lipinski definition) is 0. The van der Waals surface area contributed by atoms with Gasteiger partial charge in [0.05, 0.1) is 4.90 Å². The fourth-order valence-electron chi connectivity index (χ4n) is 4.20. The molecule has 1 aromatic carbocycles. The van der Waals surface area contributed by atoms with Crippen LogP contribution < -0.4 is 0 Å². The van der Waals surface area contributed by atoms with Gasteiger partial charge < -0.3 is 4.90 Å². The lowest BCUT2D eigenvalue weighted by Crippen LogP contribution is -2.33. The molecule has 128 valence electrons. The third-order valence-electron chi connectivity index (χ3n) is 5.59. The minimum Gasteiger partial charge on any atom is -0.334 e. The van der Waals surface area contributed by atoms with Gasteiger partial charge in [-0.2, -0.15) is 0 Å². The van der Waals surface area contributed by atoms with Crippen LogP contribution in [0.4, 0.5) is 0 Å². The molecule has 3 aliphatic rings. The SMILES string of the molecule is CN(C)S(=O)(=O)c1ccc2c(c1)CN(C(=O)[C@@H]1C[C@H]3C=C[C@H]1C3)C2. The summed E-state index contributed by atoms with van der Waals surface area (Å²) in [5.41, 5.74) is 2.00. The standard InChI is InChI=1S/C18H22N2O3S/c1-19(2)24(22,23)16-6-5-14-10-20(11-15(14)9-16)18(21)17-8-12-3-4-13(17)7-12/h3-6,9,12-13,17H,7-8,10-11H2,1-2H3/t12-,13-,17+/m0/s1. The Labute approximate surface area is 143 Å². The molecule has 6 heteroatoms. The molecule has 0 spiro atoms. The lowest BCUT2D eigenvalue weighted by molar-refractivity contribution is -0.137. The molecule has 0 radical (unpaired) electrons. The quantitative estimate of drug-likeness (QED) is 0.787. The molecule has 1 heterocycles. The number of amides is 1. The first-order chi connectivity index (χ1) is 11.4. The van der Waals surface area contributed by atoms with Gasteiger partial charge in [-0.25, -0.2) is 12.7 Å². The number of rotatable bonds is 3. The number of sulfonamides is 1. The predicted octanol–water partition coefficient (Wildman–Crippen LogP) is 1.99.